The van der Waals surface area contributed by atoms with Crippen LogP contribution in [-0.2, 0) is 6.42 Å². The van der Waals surface area contributed by atoms with Gasteiger partial charge in [-0.25, -0.2) is 9.37 Å². The molecule has 0 atom stereocenters. The average Bonchev–Trinajstić information content (AvgIpc) is 2.90. The second kappa shape index (κ2) is 7.20. The van der Waals surface area contributed by atoms with Crippen LogP contribution in [0.2, 0.25) is 0 Å². The summed E-state index contributed by atoms with van der Waals surface area (Å²) in [6, 6.07) is 5.09. The highest BCUT2D eigenvalue weighted by molar-refractivity contribution is 5.56. The molecule has 108 valence electrons. The molecule has 0 amide bonds. The van der Waals surface area contributed by atoms with Gasteiger partial charge in [0.1, 0.15) is 5.82 Å². The van der Waals surface area contributed by atoms with Gasteiger partial charge in [0.2, 0.25) is 0 Å². The first kappa shape index (κ1) is 14.7. The predicted octanol–water partition coefficient (Wildman–Crippen LogP) is 3.72. The van der Waals surface area contributed by atoms with Gasteiger partial charge in [-0.1, -0.05) is 19.1 Å². The highest BCUT2D eigenvalue weighted by atomic mass is 19.1. The Bertz CT molecular complexity index is 551. The van der Waals surface area contributed by atoms with Crippen LogP contribution >= 0.6 is 0 Å². The van der Waals surface area contributed by atoms with Crippen molar-refractivity contribution in [2.24, 2.45) is 0 Å². The second-order valence-corrected chi connectivity index (χ2v) is 4.94. The Labute approximate surface area is 119 Å². The summed E-state index contributed by atoms with van der Waals surface area (Å²) in [6.07, 6.45) is 4.59. The number of oxazole rings is 1. The maximum atomic E-state index is 13.5. The van der Waals surface area contributed by atoms with Crippen LogP contribution in [0.25, 0.3) is 11.3 Å². The van der Waals surface area contributed by atoms with Crippen LogP contribution in [0.5, 0.6) is 0 Å². The fourth-order valence-corrected chi connectivity index (χ4v) is 1.97. The van der Waals surface area contributed by atoms with Gasteiger partial charge < -0.3 is 9.73 Å². The third kappa shape index (κ3) is 3.90. The Hall–Kier alpha value is -1.68. The minimum atomic E-state index is -0.218. The van der Waals surface area contributed by atoms with Gasteiger partial charge in [0.25, 0.3) is 0 Å². The molecule has 0 spiro atoms. The standard InChI is InChI=1S/C16H21FN2O/c1-3-8-18-9-4-5-16-19-11-15(20-16)13-7-6-12(2)14(17)10-13/h6-7,10-11,18H,3-5,8-9H2,1-2H3. The van der Waals surface area contributed by atoms with E-state index in [9.17, 15) is 4.39 Å². The van der Waals surface area contributed by atoms with Crippen LogP contribution in [0, 0.1) is 12.7 Å². The number of rotatable bonds is 7. The molecule has 0 saturated carbocycles. The van der Waals surface area contributed by atoms with Crippen molar-refractivity contribution in [3.8, 4) is 11.3 Å². The van der Waals surface area contributed by atoms with Crippen molar-refractivity contribution in [1.29, 1.82) is 0 Å². The lowest BCUT2D eigenvalue weighted by molar-refractivity contribution is 0.491. The summed E-state index contributed by atoms with van der Waals surface area (Å²) in [4.78, 5) is 4.25. The third-order valence-electron chi connectivity index (χ3n) is 3.18. The maximum Gasteiger partial charge on any atom is 0.194 e. The molecule has 2 rings (SSSR count). The van der Waals surface area contributed by atoms with E-state index in [1.165, 1.54) is 6.07 Å². The molecule has 0 bridgehead atoms. The molecular formula is C16H21FN2O. The van der Waals surface area contributed by atoms with E-state index in [4.69, 9.17) is 4.42 Å². The van der Waals surface area contributed by atoms with Crippen LogP contribution in [0.3, 0.4) is 0 Å². The van der Waals surface area contributed by atoms with Crippen molar-refractivity contribution in [3.63, 3.8) is 0 Å². The van der Waals surface area contributed by atoms with Crippen molar-refractivity contribution >= 4 is 0 Å². The van der Waals surface area contributed by atoms with Gasteiger partial charge >= 0.3 is 0 Å². The molecule has 0 fully saturated rings. The van der Waals surface area contributed by atoms with E-state index in [1.807, 2.05) is 6.07 Å². The number of hydrogen-bond donors (Lipinski definition) is 1. The third-order valence-corrected chi connectivity index (χ3v) is 3.18. The largest absolute Gasteiger partial charge is 0.441 e. The highest BCUT2D eigenvalue weighted by Crippen LogP contribution is 2.22. The van der Waals surface area contributed by atoms with E-state index in [0.29, 0.717) is 17.2 Å². The van der Waals surface area contributed by atoms with Crippen molar-refractivity contribution in [1.82, 2.24) is 10.3 Å². The quantitative estimate of drug-likeness (QED) is 0.783. The van der Waals surface area contributed by atoms with Crippen molar-refractivity contribution in [2.45, 2.75) is 33.1 Å². The Morgan fingerprint density at radius 3 is 2.90 bits per heavy atom. The van der Waals surface area contributed by atoms with E-state index in [-0.39, 0.29) is 5.82 Å². The zero-order valence-corrected chi connectivity index (χ0v) is 12.1. The molecule has 1 aromatic carbocycles. The van der Waals surface area contributed by atoms with Crippen LogP contribution in [-0.4, -0.2) is 18.1 Å². The zero-order valence-electron chi connectivity index (χ0n) is 12.1. The smallest absolute Gasteiger partial charge is 0.194 e. The summed E-state index contributed by atoms with van der Waals surface area (Å²) in [5, 5.41) is 3.34. The monoisotopic (exact) mass is 276 g/mol. The lowest BCUT2D eigenvalue weighted by Gasteiger charge is -2.01. The minimum absolute atomic E-state index is 0.218. The van der Waals surface area contributed by atoms with Gasteiger partial charge in [-0.05, 0) is 44.5 Å². The van der Waals surface area contributed by atoms with Gasteiger partial charge in [-0.3, -0.25) is 0 Å². The maximum absolute atomic E-state index is 13.5. The molecule has 4 heteroatoms. The first-order chi connectivity index (χ1) is 9.70. The molecule has 0 aliphatic carbocycles. The Morgan fingerprint density at radius 1 is 1.30 bits per heavy atom. The van der Waals surface area contributed by atoms with Gasteiger partial charge in [0.05, 0.1) is 6.20 Å². The first-order valence-electron chi connectivity index (χ1n) is 7.12. The van der Waals surface area contributed by atoms with Gasteiger partial charge in [0, 0.05) is 12.0 Å². The Kier molecular flexibility index (Phi) is 5.30. The molecule has 1 N–H and O–H groups in total. The lowest BCUT2D eigenvalue weighted by Crippen LogP contribution is -2.16. The van der Waals surface area contributed by atoms with Crippen molar-refractivity contribution in [3.05, 3.63) is 41.7 Å². The van der Waals surface area contributed by atoms with Gasteiger partial charge in [-0.2, -0.15) is 0 Å². The van der Waals surface area contributed by atoms with Crippen LogP contribution < -0.4 is 5.32 Å². The van der Waals surface area contributed by atoms with E-state index >= 15 is 0 Å². The lowest BCUT2D eigenvalue weighted by atomic mass is 10.1. The summed E-state index contributed by atoms with van der Waals surface area (Å²) >= 11 is 0. The molecule has 3 nitrogen and oxygen atoms in total. The van der Waals surface area contributed by atoms with Crippen LogP contribution in [0.4, 0.5) is 4.39 Å². The SMILES string of the molecule is CCCNCCCc1ncc(-c2ccc(C)c(F)c2)o1. The topological polar surface area (TPSA) is 38.1 Å². The number of aromatic nitrogens is 1. The van der Waals surface area contributed by atoms with Crippen LogP contribution in [0.15, 0.2) is 28.8 Å². The number of aryl methyl sites for hydroxylation is 2. The molecule has 0 saturated heterocycles. The predicted molar refractivity (Wildman–Crippen MR) is 78.1 cm³/mol. The summed E-state index contributed by atoms with van der Waals surface area (Å²) < 4.78 is 19.2. The normalized spacial score (nSPS) is 10.9. The number of benzene rings is 1. The van der Waals surface area contributed by atoms with E-state index in [0.717, 1.165) is 37.9 Å². The van der Waals surface area contributed by atoms with Gasteiger partial charge in [-0.15, -0.1) is 0 Å². The molecule has 20 heavy (non-hydrogen) atoms. The van der Waals surface area contributed by atoms with Crippen molar-refractivity contribution < 1.29 is 8.81 Å². The average molecular weight is 276 g/mol. The fourth-order valence-electron chi connectivity index (χ4n) is 1.97. The number of nitrogens with one attached hydrogen (secondary N) is 1. The summed E-state index contributed by atoms with van der Waals surface area (Å²) in [6.45, 7) is 5.90. The number of nitrogens with zero attached hydrogens (tertiary/aromatic N) is 1. The molecule has 0 aliphatic heterocycles. The summed E-state index contributed by atoms with van der Waals surface area (Å²) in [5.74, 6) is 1.11. The molecular weight excluding hydrogens is 255 g/mol. The van der Waals surface area contributed by atoms with E-state index < -0.39 is 0 Å². The molecule has 0 unspecified atom stereocenters. The zero-order chi connectivity index (χ0) is 14.4. The molecule has 0 aliphatic rings. The summed E-state index contributed by atoms with van der Waals surface area (Å²) in [7, 11) is 0. The number of halogens is 1. The Morgan fingerprint density at radius 2 is 2.15 bits per heavy atom. The fraction of sp³-hybridized carbons (Fsp3) is 0.438. The molecule has 2 aromatic rings. The molecule has 1 heterocycles. The molecule has 1 aromatic heterocycles. The Balaban J connectivity index is 1.93. The summed E-state index contributed by atoms with van der Waals surface area (Å²) in [5.41, 5.74) is 1.37. The second-order valence-electron chi connectivity index (χ2n) is 4.94. The van der Waals surface area contributed by atoms with Crippen molar-refractivity contribution in [2.75, 3.05) is 13.1 Å². The minimum Gasteiger partial charge on any atom is -0.441 e. The van der Waals surface area contributed by atoms with E-state index in [1.54, 1.807) is 19.2 Å². The number of hydrogen-bond acceptors (Lipinski definition) is 3. The van der Waals surface area contributed by atoms with Crippen LogP contribution in [0.1, 0.15) is 31.2 Å². The molecule has 0 radical (unpaired) electrons. The highest BCUT2D eigenvalue weighted by Gasteiger charge is 2.08. The first-order valence-corrected chi connectivity index (χ1v) is 7.12. The van der Waals surface area contributed by atoms with E-state index in [2.05, 4.69) is 17.2 Å². The van der Waals surface area contributed by atoms with Gasteiger partial charge in [0.15, 0.2) is 11.7 Å².